The van der Waals surface area contributed by atoms with E-state index >= 15 is 0 Å². The molecule has 0 bridgehead atoms. The minimum atomic E-state index is -0.718. The lowest BCUT2D eigenvalue weighted by Crippen LogP contribution is -2.34. The standard InChI is InChI=1S/C9H10N2O2/c12-11(13)9-8-4-2-1-3-7(8)5-6-10-9/h1-4,9-10H,5-6H2. The lowest BCUT2D eigenvalue weighted by molar-refractivity contribution is -0.537. The van der Waals surface area contributed by atoms with Crippen LogP contribution >= 0.6 is 0 Å². The molecule has 4 heteroatoms. The van der Waals surface area contributed by atoms with Gasteiger partial charge < -0.3 is 0 Å². The number of fused-ring (bicyclic) bond motifs is 1. The minimum absolute atomic E-state index is 0.280. The Balaban J connectivity index is 2.42. The molecule has 1 aliphatic heterocycles. The topological polar surface area (TPSA) is 55.2 Å². The first kappa shape index (κ1) is 8.19. The molecule has 2 rings (SSSR count). The van der Waals surface area contributed by atoms with E-state index in [2.05, 4.69) is 5.32 Å². The van der Waals surface area contributed by atoms with Crippen molar-refractivity contribution in [3.8, 4) is 0 Å². The van der Waals surface area contributed by atoms with Gasteiger partial charge >= 0.3 is 0 Å². The van der Waals surface area contributed by atoms with Gasteiger partial charge in [0.2, 0.25) is 0 Å². The maximum absolute atomic E-state index is 10.7. The van der Waals surface area contributed by atoms with E-state index in [4.69, 9.17) is 0 Å². The van der Waals surface area contributed by atoms with Crippen LogP contribution in [0.1, 0.15) is 17.3 Å². The Morgan fingerprint density at radius 2 is 2.23 bits per heavy atom. The highest BCUT2D eigenvalue weighted by molar-refractivity contribution is 5.30. The smallest absolute Gasteiger partial charge is 0.262 e. The molecule has 0 aliphatic carbocycles. The van der Waals surface area contributed by atoms with Crippen molar-refractivity contribution in [1.29, 1.82) is 0 Å². The third-order valence-corrected chi connectivity index (χ3v) is 2.29. The summed E-state index contributed by atoms with van der Waals surface area (Å²) in [5.41, 5.74) is 1.89. The van der Waals surface area contributed by atoms with Crippen LogP contribution in [-0.2, 0) is 6.42 Å². The molecule has 1 aromatic rings. The fraction of sp³-hybridized carbons (Fsp3) is 0.333. The summed E-state index contributed by atoms with van der Waals surface area (Å²) < 4.78 is 0. The van der Waals surface area contributed by atoms with Gasteiger partial charge in [0.05, 0.1) is 0 Å². The average molecular weight is 178 g/mol. The molecular weight excluding hydrogens is 168 g/mol. The molecule has 0 fully saturated rings. The summed E-state index contributed by atoms with van der Waals surface area (Å²) in [6.07, 6.45) is 0.158. The van der Waals surface area contributed by atoms with Crippen molar-refractivity contribution < 1.29 is 4.92 Å². The minimum Gasteiger partial charge on any atom is -0.262 e. The molecule has 68 valence electrons. The second-order valence-corrected chi connectivity index (χ2v) is 3.09. The summed E-state index contributed by atoms with van der Waals surface area (Å²) in [5.74, 6) is 0. The lowest BCUT2D eigenvalue weighted by Gasteiger charge is -2.20. The van der Waals surface area contributed by atoms with E-state index in [0.29, 0.717) is 6.54 Å². The maximum Gasteiger partial charge on any atom is 0.292 e. The van der Waals surface area contributed by atoms with E-state index < -0.39 is 6.17 Å². The summed E-state index contributed by atoms with van der Waals surface area (Å²) in [4.78, 5) is 10.4. The van der Waals surface area contributed by atoms with Crippen molar-refractivity contribution in [2.75, 3.05) is 6.54 Å². The van der Waals surface area contributed by atoms with Gasteiger partial charge in [-0.25, -0.2) is 0 Å². The number of nitrogens with zero attached hydrogens (tertiary/aromatic N) is 1. The fourth-order valence-electron chi connectivity index (χ4n) is 1.67. The molecule has 1 aromatic carbocycles. The number of benzene rings is 1. The van der Waals surface area contributed by atoms with Crippen molar-refractivity contribution in [3.63, 3.8) is 0 Å². The normalized spacial score (nSPS) is 20.8. The zero-order chi connectivity index (χ0) is 9.26. The first-order valence-corrected chi connectivity index (χ1v) is 4.24. The van der Waals surface area contributed by atoms with E-state index in [9.17, 15) is 10.1 Å². The number of hydrogen-bond acceptors (Lipinski definition) is 3. The molecule has 0 aromatic heterocycles. The largest absolute Gasteiger partial charge is 0.292 e. The highest BCUT2D eigenvalue weighted by Crippen LogP contribution is 2.22. The van der Waals surface area contributed by atoms with Gasteiger partial charge in [-0.3, -0.25) is 15.4 Å². The second kappa shape index (κ2) is 3.14. The number of hydrogen-bond donors (Lipinski definition) is 1. The van der Waals surface area contributed by atoms with Crippen LogP contribution in [0, 0.1) is 10.1 Å². The molecular formula is C9H10N2O2. The van der Waals surface area contributed by atoms with Gasteiger partial charge in [0.1, 0.15) is 0 Å². The Bertz CT molecular complexity index is 338. The summed E-state index contributed by atoms with van der Waals surface area (Å²) in [6, 6.07) is 7.52. The molecule has 1 unspecified atom stereocenters. The first-order chi connectivity index (χ1) is 6.29. The monoisotopic (exact) mass is 178 g/mol. The highest BCUT2D eigenvalue weighted by atomic mass is 16.6. The van der Waals surface area contributed by atoms with Crippen LogP contribution in [0.2, 0.25) is 0 Å². The summed E-state index contributed by atoms with van der Waals surface area (Å²) in [5, 5.41) is 13.5. The number of nitrogens with one attached hydrogen (secondary N) is 1. The van der Waals surface area contributed by atoms with Crippen molar-refractivity contribution in [3.05, 3.63) is 45.5 Å². The molecule has 0 saturated carbocycles. The number of nitro groups is 1. The van der Waals surface area contributed by atoms with Gasteiger partial charge in [0.25, 0.3) is 6.17 Å². The number of rotatable bonds is 1. The molecule has 0 radical (unpaired) electrons. The zero-order valence-corrected chi connectivity index (χ0v) is 7.06. The van der Waals surface area contributed by atoms with E-state index in [1.54, 1.807) is 0 Å². The molecule has 1 heterocycles. The molecule has 1 N–H and O–H groups in total. The van der Waals surface area contributed by atoms with Crippen LogP contribution in [-0.4, -0.2) is 11.5 Å². The van der Waals surface area contributed by atoms with Crippen molar-refractivity contribution in [2.45, 2.75) is 12.6 Å². The van der Waals surface area contributed by atoms with E-state index in [0.717, 1.165) is 17.5 Å². The summed E-state index contributed by atoms with van der Waals surface area (Å²) >= 11 is 0. The lowest BCUT2D eigenvalue weighted by atomic mass is 9.99. The molecule has 0 saturated heterocycles. The van der Waals surface area contributed by atoms with Gasteiger partial charge in [0, 0.05) is 17.0 Å². The SMILES string of the molecule is O=[N+]([O-])C1NCCc2ccccc21. The van der Waals surface area contributed by atoms with Gasteiger partial charge in [-0.05, 0) is 12.0 Å². The zero-order valence-electron chi connectivity index (χ0n) is 7.06. The average Bonchev–Trinajstić information content (AvgIpc) is 2.17. The fourth-order valence-corrected chi connectivity index (χ4v) is 1.67. The Morgan fingerprint density at radius 3 is 3.00 bits per heavy atom. The Labute approximate surface area is 75.7 Å². The van der Waals surface area contributed by atoms with E-state index in [1.807, 2.05) is 24.3 Å². The van der Waals surface area contributed by atoms with Gasteiger partial charge in [-0.1, -0.05) is 24.3 Å². The highest BCUT2D eigenvalue weighted by Gasteiger charge is 2.27. The van der Waals surface area contributed by atoms with Gasteiger partial charge in [-0.2, -0.15) is 0 Å². The van der Waals surface area contributed by atoms with Crippen molar-refractivity contribution in [1.82, 2.24) is 5.32 Å². The maximum atomic E-state index is 10.7. The summed E-state index contributed by atoms with van der Waals surface area (Å²) in [6.45, 7) is 0.683. The van der Waals surface area contributed by atoms with Crippen LogP contribution in [0.15, 0.2) is 24.3 Å². The first-order valence-electron chi connectivity index (χ1n) is 4.24. The predicted octanol–water partition coefficient (Wildman–Crippen LogP) is 1.11. The molecule has 0 spiro atoms. The molecule has 0 amide bonds. The second-order valence-electron chi connectivity index (χ2n) is 3.09. The molecule has 1 atom stereocenters. The molecule has 1 aliphatic rings. The van der Waals surface area contributed by atoms with E-state index in [-0.39, 0.29) is 4.92 Å². The van der Waals surface area contributed by atoms with Crippen molar-refractivity contribution in [2.24, 2.45) is 0 Å². The predicted molar refractivity (Wildman–Crippen MR) is 47.9 cm³/mol. The summed E-state index contributed by atoms with van der Waals surface area (Å²) in [7, 11) is 0. The van der Waals surface area contributed by atoms with Crippen LogP contribution in [0.25, 0.3) is 0 Å². The molecule has 4 nitrogen and oxygen atoms in total. The van der Waals surface area contributed by atoms with Crippen LogP contribution < -0.4 is 5.32 Å². The van der Waals surface area contributed by atoms with E-state index in [1.165, 1.54) is 0 Å². The van der Waals surface area contributed by atoms with Crippen molar-refractivity contribution >= 4 is 0 Å². The Kier molecular flexibility index (Phi) is 1.98. The van der Waals surface area contributed by atoms with Gasteiger partial charge in [-0.15, -0.1) is 0 Å². The van der Waals surface area contributed by atoms with Crippen LogP contribution in [0.5, 0.6) is 0 Å². The quantitative estimate of drug-likeness (QED) is 0.517. The van der Waals surface area contributed by atoms with Gasteiger partial charge in [0.15, 0.2) is 0 Å². The third kappa shape index (κ3) is 1.40. The Morgan fingerprint density at radius 1 is 1.46 bits per heavy atom. The third-order valence-electron chi connectivity index (χ3n) is 2.29. The molecule has 13 heavy (non-hydrogen) atoms. The van der Waals surface area contributed by atoms with Crippen LogP contribution in [0.4, 0.5) is 0 Å². The van der Waals surface area contributed by atoms with Crippen LogP contribution in [0.3, 0.4) is 0 Å². The Hall–Kier alpha value is -1.42.